The molecule has 6 heteroatoms. The Labute approximate surface area is 167 Å². The Balaban J connectivity index is 1.25. The molecule has 0 bridgehead atoms. The fraction of sp³-hybridized carbons (Fsp3) is 0.591. The SMILES string of the molecule is O[C@H]1CN(Cc2cccc(OCCCn3ccnc3)c2)C[C@@H]1N1CCCCC1. The topological polar surface area (TPSA) is 53.8 Å². The van der Waals surface area contributed by atoms with Gasteiger partial charge < -0.3 is 14.4 Å². The van der Waals surface area contributed by atoms with Crippen molar-refractivity contribution in [2.24, 2.45) is 0 Å². The van der Waals surface area contributed by atoms with Crippen LogP contribution in [0.2, 0.25) is 0 Å². The van der Waals surface area contributed by atoms with E-state index >= 15 is 0 Å². The predicted octanol–water partition coefficient (Wildman–Crippen LogP) is 2.38. The zero-order valence-electron chi connectivity index (χ0n) is 16.6. The van der Waals surface area contributed by atoms with Crippen LogP contribution in [0.3, 0.4) is 0 Å². The molecule has 0 radical (unpaired) electrons. The first-order valence-electron chi connectivity index (χ1n) is 10.6. The summed E-state index contributed by atoms with van der Waals surface area (Å²) in [5.74, 6) is 0.926. The highest BCUT2D eigenvalue weighted by Gasteiger charge is 2.35. The van der Waals surface area contributed by atoms with Crippen LogP contribution in [0.25, 0.3) is 0 Å². The van der Waals surface area contributed by atoms with E-state index in [2.05, 4.69) is 37.5 Å². The molecule has 152 valence electrons. The summed E-state index contributed by atoms with van der Waals surface area (Å²) >= 11 is 0. The van der Waals surface area contributed by atoms with E-state index in [0.717, 1.165) is 51.4 Å². The standard InChI is InChI=1S/C22H32N4O2/c27-22-17-25(16-21(22)26-10-2-1-3-11-26)15-19-6-4-7-20(14-19)28-13-5-9-24-12-8-23-18-24/h4,6-8,12,14,18,21-22,27H,1-3,5,9-11,13,15-17H2/t21-,22-/m0/s1. The van der Waals surface area contributed by atoms with Gasteiger partial charge in [-0.3, -0.25) is 9.80 Å². The van der Waals surface area contributed by atoms with Crippen molar-refractivity contribution >= 4 is 0 Å². The second-order valence-corrected chi connectivity index (χ2v) is 8.08. The number of rotatable bonds is 8. The molecule has 2 aliphatic rings. The van der Waals surface area contributed by atoms with Gasteiger partial charge in [0.15, 0.2) is 0 Å². The zero-order chi connectivity index (χ0) is 19.2. The van der Waals surface area contributed by atoms with Crippen molar-refractivity contribution in [1.29, 1.82) is 0 Å². The van der Waals surface area contributed by atoms with Crippen LogP contribution in [0.5, 0.6) is 5.75 Å². The minimum atomic E-state index is -0.235. The largest absolute Gasteiger partial charge is 0.494 e. The Kier molecular flexibility index (Phi) is 6.62. The summed E-state index contributed by atoms with van der Waals surface area (Å²) in [7, 11) is 0. The van der Waals surface area contributed by atoms with E-state index in [9.17, 15) is 5.11 Å². The lowest BCUT2D eigenvalue weighted by molar-refractivity contribution is 0.0706. The molecule has 2 saturated heterocycles. The molecule has 28 heavy (non-hydrogen) atoms. The summed E-state index contributed by atoms with van der Waals surface area (Å²) in [6.45, 7) is 6.47. The molecule has 2 aromatic rings. The first-order valence-corrected chi connectivity index (χ1v) is 10.6. The van der Waals surface area contributed by atoms with Gasteiger partial charge in [-0.05, 0) is 50.0 Å². The summed E-state index contributed by atoms with van der Waals surface area (Å²) < 4.78 is 8.00. The number of hydrogen-bond acceptors (Lipinski definition) is 5. The summed E-state index contributed by atoms with van der Waals surface area (Å²) in [4.78, 5) is 8.93. The third-order valence-corrected chi connectivity index (χ3v) is 5.89. The fourth-order valence-corrected chi connectivity index (χ4v) is 4.43. The second-order valence-electron chi connectivity index (χ2n) is 8.08. The van der Waals surface area contributed by atoms with Gasteiger partial charge in [-0.1, -0.05) is 18.6 Å². The third-order valence-electron chi connectivity index (χ3n) is 5.89. The highest BCUT2D eigenvalue weighted by atomic mass is 16.5. The van der Waals surface area contributed by atoms with E-state index in [1.807, 2.05) is 18.6 Å². The molecule has 2 aliphatic heterocycles. The van der Waals surface area contributed by atoms with Gasteiger partial charge in [0.1, 0.15) is 5.75 Å². The average Bonchev–Trinajstić information content (AvgIpc) is 3.36. The van der Waals surface area contributed by atoms with Crippen LogP contribution in [0.15, 0.2) is 43.0 Å². The maximum Gasteiger partial charge on any atom is 0.119 e. The minimum absolute atomic E-state index is 0.235. The number of likely N-dealkylation sites (tertiary alicyclic amines) is 2. The molecule has 3 heterocycles. The number of aryl methyl sites for hydroxylation is 1. The molecule has 1 aromatic carbocycles. The van der Waals surface area contributed by atoms with Crippen molar-refractivity contribution < 1.29 is 9.84 Å². The van der Waals surface area contributed by atoms with Gasteiger partial charge in [-0.25, -0.2) is 4.98 Å². The number of ether oxygens (including phenoxy) is 1. The average molecular weight is 385 g/mol. The number of aromatic nitrogens is 2. The number of imidazole rings is 1. The van der Waals surface area contributed by atoms with Gasteiger partial charge in [-0.15, -0.1) is 0 Å². The molecule has 1 aromatic heterocycles. The molecule has 0 unspecified atom stereocenters. The zero-order valence-corrected chi connectivity index (χ0v) is 16.6. The van der Waals surface area contributed by atoms with Gasteiger partial charge in [0.25, 0.3) is 0 Å². The molecule has 0 aliphatic carbocycles. The molecule has 4 rings (SSSR count). The first kappa shape index (κ1) is 19.4. The molecule has 0 amide bonds. The molecule has 1 N–H and O–H groups in total. The van der Waals surface area contributed by atoms with Crippen molar-refractivity contribution in [2.75, 3.05) is 32.8 Å². The van der Waals surface area contributed by atoms with Crippen LogP contribution < -0.4 is 4.74 Å². The lowest BCUT2D eigenvalue weighted by Gasteiger charge is -2.33. The van der Waals surface area contributed by atoms with Crippen LogP contribution in [0, 0.1) is 0 Å². The maximum atomic E-state index is 10.6. The van der Waals surface area contributed by atoms with E-state index in [1.165, 1.54) is 24.8 Å². The van der Waals surface area contributed by atoms with Gasteiger partial charge >= 0.3 is 0 Å². The quantitative estimate of drug-likeness (QED) is 0.709. The number of aliphatic hydroxyl groups excluding tert-OH is 1. The summed E-state index contributed by atoms with van der Waals surface area (Å²) in [5.41, 5.74) is 1.25. The Bertz CT molecular complexity index is 715. The van der Waals surface area contributed by atoms with Crippen LogP contribution in [-0.4, -0.2) is 69.4 Å². The summed E-state index contributed by atoms with van der Waals surface area (Å²) in [5, 5.41) is 10.6. The Morgan fingerprint density at radius 3 is 2.86 bits per heavy atom. The van der Waals surface area contributed by atoms with E-state index in [1.54, 1.807) is 6.20 Å². The normalized spacial score (nSPS) is 23.9. The smallest absolute Gasteiger partial charge is 0.119 e. The van der Waals surface area contributed by atoms with Crippen LogP contribution in [0.4, 0.5) is 0 Å². The van der Waals surface area contributed by atoms with Crippen molar-refractivity contribution in [1.82, 2.24) is 19.4 Å². The molecule has 2 fully saturated rings. The fourth-order valence-electron chi connectivity index (χ4n) is 4.43. The van der Waals surface area contributed by atoms with Crippen molar-refractivity contribution in [3.05, 3.63) is 48.5 Å². The van der Waals surface area contributed by atoms with Crippen molar-refractivity contribution in [2.45, 2.75) is 50.9 Å². The highest BCUT2D eigenvalue weighted by Crippen LogP contribution is 2.23. The number of nitrogens with zero attached hydrogens (tertiary/aromatic N) is 4. The minimum Gasteiger partial charge on any atom is -0.494 e. The monoisotopic (exact) mass is 384 g/mol. The van der Waals surface area contributed by atoms with E-state index in [-0.39, 0.29) is 6.10 Å². The Hall–Kier alpha value is -1.89. The van der Waals surface area contributed by atoms with Crippen LogP contribution in [0.1, 0.15) is 31.2 Å². The lowest BCUT2D eigenvalue weighted by Crippen LogP contribution is -2.45. The summed E-state index contributed by atoms with van der Waals surface area (Å²) in [6.07, 6.45) is 10.2. The molecule has 2 atom stereocenters. The molecule has 0 spiro atoms. The maximum absolute atomic E-state index is 10.6. The van der Waals surface area contributed by atoms with E-state index in [4.69, 9.17) is 4.74 Å². The van der Waals surface area contributed by atoms with Crippen molar-refractivity contribution in [3.8, 4) is 5.75 Å². The van der Waals surface area contributed by atoms with Gasteiger partial charge in [0.2, 0.25) is 0 Å². The Morgan fingerprint density at radius 1 is 1.14 bits per heavy atom. The number of aliphatic hydroxyl groups is 1. The van der Waals surface area contributed by atoms with Gasteiger partial charge in [0.05, 0.1) is 19.0 Å². The molecular formula is C22H32N4O2. The third kappa shape index (κ3) is 5.13. The van der Waals surface area contributed by atoms with Crippen LogP contribution >= 0.6 is 0 Å². The first-order chi connectivity index (χ1) is 13.8. The van der Waals surface area contributed by atoms with Gasteiger partial charge in [-0.2, -0.15) is 0 Å². The van der Waals surface area contributed by atoms with E-state index < -0.39 is 0 Å². The summed E-state index contributed by atoms with van der Waals surface area (Å²) in [6, 6.07) is 8.67. The number of hydrogen-bond donors (Lipinski definition) is 1. The van der Waals surface area contributed by atoms with Crippen molar-refractivity contribution in [3.63, 3.8) is 0 Å². The molecular weight excluding hydrogens is 352 g/mol. The van der Waals surface area contributed by atoms with Gasteiger partial charge in [0, 0.05) is 44.6 Å². The van der Waals surface area contributed by atoms with E-state index in [0.29, 0.717) is 12.6 Å². The lowest BCUT2D eigenvalue weighted by atomic mass is 10.1. The number of benzene rings is 1. The highest BCUT2D eigenvalue weighted by molar-refractivity contribution is 5.28. The number of piperidine rings is 1. The molecule has 6 nitrogen and oxygen atoms in total. The predicted molar refractivity (Wildman–Crippen MR) is 109 cm³/mol. The second kappa shape index (κ2) is 9.54. The van der Waals surface area contributed by atoms with Crippen LogP contribution in [-0.2, 0) is 13.1 Å². The Morgan fingerprint density at radius 2 is 2.04 bits per heavy atom. The number of β-amino-alcohol motifs (C(OH)–C–C–N with tert-alkyl or cyclic N) is 1. The molecule has 0 saturated carbocycles.